The van der Waals surface area contributed by atoms with Crippen molar-refractivity contribution in [2.24, 2.45) is 0 Å². The minimum absolute atomic E-state index is 0.0640. The first-order chi connectivity index (χ1) is 16.5. The second kappa shape index (κ2) is 9.40. The fraction of sp³-hybridized carbons (Fsp3) is 0.280. The molecule has 0 radical (unpaired) electrons. The first kappa shape index (κ1) is 22.9. The number of rotatable bonds is 5. The van der Waals surface area contributed by atoms with Gasteiger partial charge in [0, 0.05) is 22.4 Å². The number of anilines is 1. The topological polar surface area (TPSA) is 79.9 Å². The molecule has 0 saturated carbocycles. The zero-order valence-electron chi connectivity index (χ0n) is 18.8. The Morgan fingerprint density at radius 3 is 2.71 bits per heavy atom. The molecule has 0 unspecified atom stereocenters. The summed E-state index contributed by atoms with van der Waals surface area (Å²) in [7, 11) is 1.52. The molecular formula is C25H24BrN3O4S. The lowest BCUT2D eigenvalue weighted by molar-refractivity contribution is 0.0729. The van der Waals surface area contributed by atoms with Crippen LogP contribution >= 0.6 is 27.3 Å². The van der Waals surface area contributed by atoms with E-state index in [1.807, 2.05) is 6.07 Å². The average Bonchev–Trinajstić information content (AvgIpc) is 3.22. The minimum atomic E-state index is -0.474. The number of hydrogen-bond acceptors (Lipinski definition) is 7. The van der Waals surface area contributed by atoms with E-state index in [-0.39, 0.29) is 5.91 Å². The van der Waals surface area contributed by atoms with Gasteiger partial charge in [0.05, 0.1) is 18.2 Å². The molecule has 3 heterocycles. The third kappa shape index (κ3) is 4.31. The number of carbonyl (C=O) groups is 2. The maximum atomic E-state index is 13.0. The molecule has 0 spiro atoms. The van der Waals surface area contributed by atoms with Crippen molar-refractivity contribution in [1.82, 2.24) is 10.2 Å². The molecule has 1 aromatic heterocycles. The van der Waals surface area contributed by atoms with Gasteiger partial charge in [-0.15, -0.1) is 11.3 Å². The minimum Gasteiger partial charge on any atom is -0.493 e. The highest BCUT2D eigenvalue weighted by molar-refractivity contribution is 9.10. The van der Waals surface area contributed by atoms with Crippen LogP contribution in [0.15, 0.2) is 46.9 Å². The summed E-state index contributed by atoms with van der Waals surface area (Å²) in [6.45, 7) is 5.02. The van der Waals surface area contributed by atoms with Crippen LogP contribution in [0.2, 0.25) is 0 Å². The van der Waals surface area contributed by atoms with Gasteiger partial charge in [0.1, 0.15) is 11.2 Å². The van der Waals surface area contributed by atoms with Crippen LogP contribution in [0.1, 0.15) is 49.8 Å². The Hall–Kier alpha value is -2.88. The molecule has 2 N–H and O–H groups in total. The zero-order valence-corrected chi connectivity index (χ0v) is 21.2. The lowest BCUT2D eigenvalue weighted by Gasteiger charge is -2.28. The van der Waals surface area contributed by atoms with Gasteiger partial charge >= 0.3 is 5.97 Å². The van der Waals surface area contributed by atoms with Crippen LogP contribution in [0.25, 0.3) is 0 Å². The van der Waals surface area contributed by atoms with Crippen molar-refractivity contribution >= 4 is 44.1 Å². The smallest absolute Gasteiger partial charge is 0.343 e. The molecular weight excluding hydrogens is 518 g/mol. The largest absolute Gasteiger partial charge is 0.493 e. The van der Waals surface area contributed by atoms with E-state index in [2.05, 4.69) is 38.4 Å². The van der Waals surface area contributed by atoms with E-state index in [0.717, 1.165) is 46.7 Å². The van der Waals surface area contributed by atoms with E-state index in [1.54, 1.807) is 47.7 Å². The zero-order chi connectivity index (χ0) is 23.8. The lowest BCUT2D eigenvalue weighted by atomic mass is 10.0. The van der Waals surface area contributed by atoms with E-state index in [9.17, 15) is 9.59 Å². The number of likely N-dealkylation sites (N-methyl/N-ethyl adjacent to an activating group) is 1. The van der Waals surface area contributed by atoms with Crippen molar-refractivity contribution in [3.8, 4) is 11.5 Å². The molecule has 0 aliphatic carbocycles. The molecule has 34 heavy (non-hydrogen) atoms. The van der Waals surface area contributed by atoms with Crippen LogP contribution in [0.4, 0.5) is 5.00 Å². The van der Waals surface area contributed by atoms with E-state index in [0.29, 0.717) is 17.1 Å². The van der Waals surface area contributed by atoms with Crippen LogP contribution in [0, 0.1) is 0 Å². The Kier molecular flexibility index (Phi) is 6.33. The predicted molar refractivity (Wildman–Crippen MR) is 135 cm³/mol. The van der Waals surface area contributed by atoms with E-state index < -0.39 is 12.1 Å². The van der Waals surface area contributed by atoms with Crippen molar-refractivity contribution in [1.29, 1.82) is 0 Å². The Balaban J connectivity index is 1.37. The lowest BCUT2D eigenvalue weighted by Crippen LogP contribution is -2.38. The van der Waals surface area contributed by atoms with Crippen LogP contribution in [-0.2, 0) is 13.0 Å². The number of carbonyl (C=O) groups excluding carboxylic acids is 2. The quantitative estimate of drug-likeness (QED) is 0.350. The third-order valence-electron chi connectivity index (χ3n) is 6.16. The van der Waals surface area contributed by atoms with Gasteiger partial charge in [-0.1, -0.05) is 28.9 Å². The summed E-state index contributed by atoms with van der Waals surface area (Å²) in [4.78, 5) is 29.2. The summed E-state index contributed by atoms with van der Waals surface area (Å²) in [6.07, 6.45) is 0.480. The SMILES string of the molecule is CCN1CCc2c(sc3c2C(=O)N[C@@H](c2ccc(OC(=O)c4ccc(Br)cc4)c(OC)c2)N3)C1. The first-order valence-electron chi connectivity index (χ1n) is 11.1. The maximum absolute atomic E-state index is 13.0. The number of hydrogen-bond donors (Lipinski definition) is 2. The Morgan fingerprint density at radius 1 is 1.18 bits per heavy atom. The second-order valence-corrected chi connectivity index (χ2v) is 10.2. The van der Waals surface area contributed by atoms with Gasteiger partial charge in [-0.3, -0.25) is 9.69 Å². The van der Waals surface area contributed by atoms with Crippen LogP contribution in [-0.4, -0.2) is 37.0 Å². The molecule has 1 atom stereocenters. The Labute approximate surface area is 210 Å². The van der Waals surface area contributed by atoms with E-state index in [4.69, 9.17) is 9.47 Å². The maximum Gasteiger partial charge on any atom is 0.343 e. The number of amides is 1. The van der Waals surface area contributed by atoms with E-state index in [1.165, 1.54) is 17.6 Å². The number of fused-ring (bicyclic) bond motifs is 3. The molecule has 3 aromatic rings. The average molecular weight is 542 g/mol. The molecule has 9 heteroatoms. The van der Waals surface area contributed by atoms with Crippen molar-refractivity contribution in [3.05, 3.63) is 74.1 Å². The number of esters is 1. The molecule has 1 amide bonds. The molecule has 176 valence electrons. The number of methoxy groups -OCH3 is 1. The molecule has 2 aromatic carbocycles. The highest BCUT2D eigenvalue weighted by Gasteiger charge is 2.33. The van der Waals surface area contributed by atoms with E-state index >= 15 is 0 Å². The summed E-state index contributed by atoms with van der Waals surface area (Å²) in [6, 6.07) is 12.2. The van der Waals surface area contributed by atoms with Gasteiger partial charge in [0.2, 0.25) is 0 Å². The van der Waals surface area contributed by atoms with Gasteiger partial charge in [-0.2, -0.15) is 0 Å². The van der Waals surface area contributed by atoms with Crippen molar-refractivity contribution in [2.45, 2.75) is 26.1 Å². The number of ether oxygens (including phenoxy) is 2. The summed E-state index contributed by atoms with van der Waals surface area (Å²) >= 11 is 5.02. The Morgan fingerprint density at radius 2 is 1.97 bits per heavy atom. The molecule has 5 rings (SSSR count). The van der Waals surface area contributed by atoms with Gasteiger partial charge in [-0.05, 0) is 60.5 Å². The number of thiophene rings is 1. The van der Waals surface area contributed by atoms with Gasteiger partial charge in [0.15, 0.2) is 11.5 Å². The van der Waals surface area contributed by atoms with Crippen LogP contribution < -0.4 is 20.1 Å². The Bertz CT molecular complexity index is 1260. The van der Waals surface area contributed by atoms with Crippen molar-refractivity contribution in [2.75, 3.05) is 25.5 Å². The molecule has 0 saturated heterocycles. The third-order valence-corrected chi connectivity index (χ3v) is 7.84. The number of nitrogens with one attached hydrogen (secondary N) is 2. The van der Waals surface area contributed by atoms with Crippen LogP contribution in [0.5, 0.6) is 11.5 Å². The molecule has 2 aliphatic heterocycles. The number of nitrogens with zero attached hydrogens (tertiary/aromatic N) is 1. The summed E-state index contributed by atoms with van der Waals surface area (Å²) < 4.78 is 11.9. The van der Waals surface area contributed by atoms with Crippen molar-refractivity contribution < 1.29 is 19.1 Å². The van der Waals surface area contributed by atoms with Crippen LogP contribution in [0.3, 0.4) is 0 Å². The van der Waals surface area contributed by atoms with Gasteiger partial charge < -0.3 is 20.1 Å². The highest BCUT2D eigenvalue weighted by atomic mass is 79.9. The fourth-order valence-corrected chi connectivity index (χ4v) is 5.88. The fourth-order valence-electron chi connectivity index (χ4n) is 4.30. The monoisotopic (exact) mass is 541 g/mol. The summed E-state index contributed by atoms with van der Waals surface area (Å²) in [5.74, 6) is 0.186. The first-order valence-corrected chi connectivity index (χ1v) is 12.7. The van der Waals surface area contributed by atoms with Gasteiger partial charge in [0.25, 0.3) is 5.91 Å². The standard InChI is InChI=1S/C25H24BrN3O4S/c1-3-29-11-10-17-20(13-29)34-24-21(17)23(30)27-22(28-24)15-6-9-18(19(12-15)32-2)33-25(31)14-4-7-16(26)8-5-14/h4-9,12,22,28H,3,10-11,13H2,1-2H3,(H,27,30)/t22-/m1/s1. The summed E-state index contributed by atoms with van der Waals surface area (Å²) in [5.41, 5.74) is 3.19. The molecule has 0 bridgehead atoms. The number of halogens is 1. The molecule has 2 aliphatic rings. The predicted octanol–water partition coefficient (Wildman–Crippen LogP) is 4.97. The molecule has 7 nitrogen and oxygen atoms in total. The summed E-state index contributed by atoms with van der Waals surface area (Å²) in [5, 5.41) is 7.45. The molecule has 0 fully saturated rings. The second-order valence-electron chi connectivity index (χ2n) is 8.18. The number of benzene rings is 2. The highest BCUT2D eigenvalue weighted by Crippen LogP contribution is 2.41. The van der Waals surface area contributed by atoms with Gasteiger partial charge in [-0.25, -0.2) is 4.79 Å². The van der Waals surface area contributed by atoms with Crippen molar-refractivity contribution in [3.63, 3.8) is 0 Å². The normalized spacial score (nSPS) is 17.3.